The van der Waals surface area contributed by atoms with Gasteiger partial charge in [0.05, 0.1) is 12.6 Å². The molecule has 1 aromatic rings. The predicted octanol–water partition coefficient (Wildman–Crippen LogP) is -0.117. The first-order valence-electron chi connectivity index (χ1n) is 3.44. The van der Waals surface area contributed by atoms with Gasteiger partial charge in [0.1, 0.15) is 0 Å². The van der Waals surface area contributed by atoms with Gasteiger partial charge in [0.2, 0.25) is 0 Å². The van der Waals surface area contributed by atoms with Gasteiger partial charge in [-0.25, -0.2) is 13.4 Å². The molecule has 1 aromatic heterocycles. The zero-order valence-corrected chi connectivity index (χ0v) is 7.45. The van der Waals surface area contributed by atoms with E-state index in [9.17, 15) is 8.42 Å². The van der Waals surface area contributed by atoms with Crippen molar-refractivity contribution < 1.29 is 8.42 Å². The van der Waals surface area contributed by atoms with Gasteiger partial charge < -0.3 is 0 Å². The molecule has 0 saturated heterocycles. The molecule has 0 aliphatic rings. The number of hydrogen-bond acceptors (Lipinski definition) is 4. The molecule has 0 aliphatic carbocycles. The van der Waals surface area contributed by atoms with E-state index in [0.29, 0.717) is 0 Å². The number of nitrogens with zero attached hydrogens (tertiary/aromatic N) is 2. The third-order valence-corrected chi connectivity index (χ3v) is 2.57. The quantitative estimate of drug-likeness (QED) is 0.685. The molecule has 68 valence electrons. The van der Waals surface area contributed by atoms with Crippen molar-refractivity contribution in [1.82, 2.24) is 9.71 Å². The van der Waals surface area contributed by atoms with Crippen LogP contribution in [0.4, 0.5) is 0 Å². The average Bonchev–Trinajstić information content (AvgIpc) is 2.16. The van der Waals surface area contributed by atoms with Crippen LogP contribution >= 0.6 is 0 Å². The van der Waals surface area contributed by atoms with Crippen LogP contribution in [-0.4, -0.2) is 19.9 Å². The normalized spacial score (nSPS) is 10.7. The van der Waals surface area contributed by atoms with Gasteiger partial charge in [-0.3, -0.25) is 0 Å². The van der Waals surface area contributed by atoms with Gasteiger partial charge in [0.25, 0.3) is 10.0 Å². The molecule has 13 heavy (non-hydrogen) atoms. The summed E-state index contributed by atoms with van der Waals surface area (Å²) in [5.74, 6) is 0. The first kappa shape index (κ1) is 9.64. The maximum Gasteiger partial charge on any atom is 0.258 e. The minimum Gasteiger partial charge on any atom is -0.243 e. The summed E-state index contributed by atoms with van der Waals surface area (Å²) in [4.78, 5) is 3.64. The van der Waals surface area contributed by atoms with Crippen LogP contribution in [0.1, 0.15) is 0 Å². The molecule has 0 atom stereocenters. The highest BCUT2D eigenvalue weighted by Gasteiger charge is 2.13. The van der Waals surface area contributed by atoms with Crippen LogP contribution in [0.2, 0.25) is 0 Å². The van der Waals surface area contributed by atoms with Crippen LogP contribution in [0.3, 0.4) is 0 Å². The zero-order chi connectivity index (χ0) is 9.73. The number of sulfonamides is 1. The molecular weight excluding hydrogens is 190 g/mol. The molecule has 0 saturated carbocycles. The van der Waals surface area contributed by atoms with Crippen molar-refractivity contribution in [3.05, 3.63) is 24.4 Å². The standard InChI is InChI=1S/C7H7N3O2S/c8-4-6-10-13(11,12)7-3-1-2-5-9-7/h1-3,5,10H,6H2. The zero-order valence-electron chi connectivity index (χ0n) is 6.64. The third kappa shape index (κ3) is 2.50. The molecule has 0 fully saturated rings. The minimum atomic E-state index is -3.61. The Morgan fingerprint density at radius 3 is 2.85 bits per heavy atom. The lowest BCUT2D eigenvalue weighted by Crippen LogP contribution is -2.24. The fourth-order valence-corrected chi connectivity index (χ4v) is 1.57. The summed E-state index contributed by atoms with van der Waals surface area (Å²) >= 11 is 0. The molecule has 0 aromatic carbocycles. The van der Waals surface area contributed by atoms with Crippen LogP contribution in [0, 0.1) is 11.3 Å². The molecule has 0 unspecified atom stereocenters. The molecule has 0 spiro atoms. The smallest absolute Gasteiger partial charge is 0.243 e. The van der Waals surface area contributed by atoms with Gasteiger partial charge in [-0.1, -0.05) is 6.07 Å². The molecule has 1 N–H and O–H groups in total. The Labute approximate surface area is 76.1 Å². The number of nitriles is 1. The summed E-state index contributed by atoms with van der Waals surface area (Å²) in [5.41, 5.74) is 0. The molecule has 0 bridgehead atoms. The highest BCUT2D eigenvalue weighted by molar-refractivity contribution is 7.89. The molecule has 5 nitrogen and oxygen atoms in total. The van der Waals surface area contributed by atoms with Crippen LogP contribution < -0.4 is 4.72 Å². The van der Waals surface area contributed by atoms with E-state index in [1.165, 1.54) is 12.3 Å². The van der Waals surface area contributed by atoms with Gasteiger partial charge in [0.15, 0.2) is 5.03 Å². The van der Waals surface area contributed by atoms with E-state index in [2.05, 4.69) is 9.71 Å². The van der Waals surface area contributed by atoms with Crippen molar-refractivity contribution >= 4 is 10.0 Å². The Hall–Kier alpha value is -1.45. The Kier molecular flexibility index (Phi) is 2.95. The van der Waals surface area contributed by atoms with Crippen LogP contribution in [-0.2, 0) is 10.0 Å². The van der Waals surface area contributed by atoms with E-state index >= 15 is 0 Å². The topological polar surface area (TPSA) is 82.9 Å². The number of pyridine rings is 1. The summed E-state index contributed by atoms with van der Waals surface area (Å²) in [5, 5.41) is 8.10. The minimum absolute atomic E-state index is 0.0785. The van der Waals surface area contributed by atoms with Crippen molar-refractivity contribution in [2.75, 3.05) is 6.54 Å². The second-order valence-electron chi connectivity index (χ2n) is 2.15. The lowest BCUT2D eigenvalue weighted by Gasteiger charge is -2.00. The summed E-state index contributed by atoms with van der Waals surface area (Å²) in [7, 11) is -3.61. The Balaban J connectivity index is 2.90. The summed E-state index contributed by atoms with van der Waals surface area (Å²) in [6.45, 7) is -0.251. The number of rotatable bonds is 3. The van der Waals surface area contributed by atoms with Gasteiger partial charge in [-0.2, -0.15) is 9.98 Å². The average molecular weight is 197 g/mol. The molecule has 0 aliphatic heterocycles. The summed E-state index contributed by atoms with van der Waals surface area (Å²) in [6, 6.07) is 6.21. The maximum absolute atomic E-state index is 11.3. The Morgan fingerprint density at radius 1 is 1.54 bits per heavy atom. The fraction of sp³-hybridized carbons (Fsp3) is 0.143. The first-order valence-corrected chi connectivity index (χ1v) is 4.93. The molecule has 6 heteroatoms. The lowest BCUT2D eigenvalue weighted by molar-refractivity contribution is 0.582. The molecule has 1 rings (SSSR count). The van der Waals surface area contributed by atoms with Crippen molar-refractivity contribution in [3.63, 3.8) is 0 Å². The Morgan fingerprint density at radius 2 is 2.31 bits per heavy atom. The number of nitrogens with one attached hydrogen (secondary N) is 1. The highest BCUT2D eigenvalue weighted by atomic mass is 32.2. The van der Waals surface area contributed by atoms with E-state index in [0.717, 1.165) is 0 Å². The van der Waals surface area contributed by atoms with Gasteiger partial charge >= 0.3 is 0 Å². The monoisotopic (exact) mass is 197 g/mol. The van der Waals surface area contributed by atoms with Gasteiger partial charge in [-0.15, -0.1) is 0 Å². The SMILES string of the molecule is N#CCNS(=O)(=O)c1ccccn1. The second kappa shape index (κ2) is 3.98. The van der Waals surface area contributed by atoms with E-state index in [1.54, 1.807) is 18.2 Å². The van der Waals surface area contributed by atoms with Crippen molar-refractivity contribution in [2.45, 2.75) is 5.03 Å². The fourth-order valence-electron chi connectivity index (χ4n) is 0.707. The third-order valence-electron chi connectivity index (χ3n) is 1.25. The van der Waals surface area contributed by atoms with E-state index < -0.39 is 10.0 Å². The first-order chi connectivity index (χ1) is 6.17. The molecule has 0 amide bonds. The van der Waals surface area contributed by atoms with E-state index in [1.807, 2.05) is 0 Å². The van der Waals surface area contributed by atoms with E-state index in [-0.39, 0.29) is 11.6 Å². The molecular formula is C7H7N3O2S. The lowest BCUT2D eigenvalue weighted by atomic mass is 10.5. The summed E-state index contributed by atoms with van der Waals surface area (Å²) < 4.78 is 24.6. The van der Waals surface area contributed by atoms with Gasteiger partial charge in [-0.05, 0) is 12.1 Å². The van der Waals surface area contributed by atoms with E-state index in [4.69, 9.17) is 5.26 Å². The predicted molar refractivity (Wildman–Crippen MR) is 45.0 cm³/mol. The largest absolute Gasteiger partial charge is 0.258 e. The van der Waals surface area contributed by atoms with Crippen LogP contribution in [0.5, 0.6) is 0 Å². The number of hydrogen-bond donors (Lipinski definition) is 1. The van der Waals surface area contributed by atoms with Gasteiger partial charge in [0, 0.05) is 6.20 Å². The summed E-state index contributed by atoms with van der Waals surface area (Å²) in [6.07, 6.45) is 1.38. The van der Waals surface area contributed by atoms with Crippen LogP contribution in [0.15, 0.2) is 29.4 Å². The highest BCUT2D eigenvalue weighted by Crippen LogP contribution is 2.01. The maximum atomic E-state index is 11.3. The van der Waals surface area contributed by atoms with Crippen molar-refractivity contribution in [3.8, 4) is 6.07 Å². The second-order valence-corrected chi connectivity index (χ2v) is 3.86. The van der Waals surface area contributed by atoms with Crippen LogP contribution in [0.25, 0.3) is 0 Å². The molecule has 1 heterocycles. The Bertz CT molecular complexity index is 407. The molecule has 0 radical (unpaired) electrons. The number of aromatic nitrogens is 1. The van der Waals surface area contributed by atoms with Crippen molar-refractivity contribution in [1.29, 1.82) is 5.26 Å². The van der Waals surface area contributed by atoms with Crippen molar-refractivity contribution in [2.24, 2.45) is 0 Å².